The monoisotopic (exact) mass is 413 g/mol. The number of hydrogen-bond donors (Lipinski definition) is 2. The molecule has 1 aliphatic rings. The smallest absolute Gasteiger partial charge is 0.385 e. The number of diazo groups is 1. The highest BCUT2D eigenvalue weighted by Gasteiger charge is 2.16. The van der Waals surface area contributed by atoms with Crippen molar-refractivity contribution in [3.8, 4) is 0 Å². The molecule has 156 valence electrons. The largest absolute Gasteiger partial charge is 0.481 e. The van der Waals surface area contributed by atoms with Gasteiger partial charge in [-0.15, -0.1) is 0 Å². The molecule has 2 N–H and O–H groups in total. The number of anilines is 1. The Balaban J connectivity index is 1.24. The zero-order valence-electron chi connectivity index (χ0n) is 17.3. The normalized spacial score (nSPS) is 14.5. The van der Waals surface area contributed by atoms with Crippen LogP contribution in [0.2, 0.25) is 0 Å². The minimum absolute atomic E-state index is 0.131. The summed E-state index contributed by atoms with van der Waals surface area (Å²) in [7, 11) is 0. The molecule has 0 unspecified atom stereocenters. The van der Waals surface area contributed by atoms with Gasteiger partial charge in [0.1, 0.15) is 0 Å². The Hall–Kier alpha value is -3.85. The summed E-state index contributed by atoms with van der Waals surface area (Å²) in [6.45, 7) is 1.34. The summed E-state index contributed by atoms with van der Waals surface area (Å²) in [5.41, 5.74) is 4.07. The maximum atomic E-state index is 9.93. The molecule has 0 aliphatic heterocycles. The van der Waals surface area contributed by atoms with E-state index in [0.717, 1.165) is 59.7 Å². The number of benzene rings is 2. The van der Waals surface area contributed by atoms with Crippen LogP contribution in [0.3, 0.4) is 0 Å². The second-order valence-corrected chi connectivity index (χ2v) is 7.47. The molecular formula is C25H25N4O2+. The first-order chi connectivity index (χ1) is 15.3. The minimum atomic E-state index is -0.131. The van der Waals surface area contributed by atoms with Gasteiger partial charge in [-0.1, -0.05) is 42.8 Å². The van der Waals surface area contributed by atoms with Crippen molar-refractivity contribution < 1.29 is 9.84 Å². The van der Waals surface area contributed by atoms with Gasteiger partial charge in [-0.25, -0.2) is 4.98 Å². The fourth-order valence-corrected chi connectivity index (χ4v) is 3.70. The van der Waals surface area contributed by atoms with Crippen LogP contribution < -0.4 is 5.32 Å². The number of para-hydroxylation sites is 2. The molecule has 4 rings (SSSR count). The minimum Gasteiger partial charge on any atom is -0.481 e. The quantitative estimate of drug-likeness (QED) is 0.182. The van der Waals surface area contributed by atoms with Gasteiger partial charge in [0.15, 0.2) is 4.98 Å². The number of aliphatic hydroxyl groups is 1. The number of allylic oxidation sites excluding steroid dienone is 4. The first-order valence-electron chi connectivity index (χ1n) is 10.6. The number of aliphatic hydroxyl groups excluding tert-OH is 1. The summed E-state index contributed by atoms with van der Waals surface area (Å²) in [6, 6.07) is 16.5. The van der Waals surface area contributed by atoms with Crippen molar-refractivity contribution in [1.29, 1.82) is 5.39 Å². The number of nitrogens with zero attached hydrogens (tertiary/aromatic N) is 3. The fourth-order valence-electron chi connectivity index (χ4n) is 3.70. The molecule has 6 heteroatoms. The number of rotatable bonds is 9. The van der Waals surface area contributed by atoms with Gasteiger partial charge in [0.05, 0.1) is 28.9 Å². The molecule has 0 saturated carbocycles. The molecule has 1 aromatic heterocycles. The van der Waals surface area contributed by atoms with Crippen molar-refractivity contribution in [2.45, 2.75) is 25.7 Å². The van der Waals surface area contributed by atoms with Crippen LogP contribution in [-0.2, 0) is 4.74 Å². The van der Waals surface area contributed by atoms with Crippen LogP contribution in [0.5, 0.6) is 0 Å². The lowest BCUT2D eigenvalue weighted by molar-refractivity contribution is 0.0885. The van der Waals surface area contributed by atoms with Gasteiger partial charge < -0.3 is 15.2 Å². The molecule has 3 aromatic rings. The van der Waals surface area contributed by atoms with E-state index in [-0.39, 0.29) is 5.95 Å². The van der Waals surface area contributed by atoms with Crippen LogP contribution in [0.4, 0.5) is 5.69 Å². The number of nitrogens with one attached hydrogen (secondary N) is 1. The maximum absolute atomic E-state index is 9.93. The Morgan fingerprint density at radius 1 is 0.935 bits per heavy atom. The van der Waals surface area contributed by atoms with E-state index in [2.05, 4.69) is 22.4 Å². The third-order valence-electron chi connectivity index (χ3n) is 5.30. The Morgan fingerprint density at radius 3 is 2.29 bits per heavy atom. The van der Waals surface area contributed by atoms with Gasteiger partial charge >= 0.3 is 5.70 Å². The SMILES string of the molecule is N#[N+]C1=C/C(=C(/O)OCCCCCCNc2c3ccccc3nc3ccccc23)C=C1. The van der Waals surface area contributed by atoms with E-state index in [1.165, 1.54) is 0 Å². The molecule has 0 bridgehead atoms. The lowest BCUT2D eigenvalue weighted by Crippen LogP contribution is -2.04. The summed E-state index contributed by atoms with van der Waals surface area (Å²) < 4.78 is 5.38. The van der Waals surface area contributed by atoms with E-state index in [4.69, 9.17) is 15.1 Å². The standard InChI is InChI=1S/C25H24N4O2/c26-29-19-14-13-18(17-19)25(30)31-16-8-2-1-7-15-27-24-20-9-3-5-11-22(20)28-23-12-6-4-10-21(23)24/h3-6,9-14,17H,1-2,7-8,15-16H2,(H-,27,28,30)/p+1/b25-18-. The first-order valence-corrected chi connectivity index (χ1v) is 10.6. The molecule has 0 fully saturated rings. The van der Waals surface area contributed by atoms with Gasteiger partial charge in [0.2, 0.25) is 5.39 Å². The summed E-state index contributed by atoms with van der Waals surface area (Å²) in [5, 5.41) is 24.5. The summed E-state index contributed by atoms with van der Waals surface area (Å²) in [6.07, 6.45) is 8.83. The van der Waals surface area contributed by atoms with Crippen molar-refractivity contribution in [3.63, 3.8) is 0 Å². The highest BCUT2D eigenvalue weighted by atomic mass is 16.6. The average molecular weight is 414 g/mol. The number of pyridine rings is 1. The zero-order valence-corrected chi connectivity index (χ0v) is 17.3. The second kappa shape index (κ2) is 9.77. The Bertz CT molecular complexity index is 1170. The van der Waals surface area contributed by atoms with E-state index in [1.807, 2.05) is 36.4 Å². The molecule has 0 saturated heterocycles. The van der Waals surface area contributed by atoms with Gasteiger partial charge in [0.25, 0.3) is 5.95 Å². The summed E-state index contributed by atoms with van der Waals surface area (Å²) in [4.78, 5) is 7.84. The molecule has 0 spiro atoms. The second-order valence-electron chi connectivity index (χ2n) is 7.47. The van der Waals surface area contributed by atoms with E-state index < -0.39 is 0 Å². The molecule has 6 nitrogen and oxygen atoms in total. The maximum Gasteiger partial charge on any atom is 0.385 e. The van der Waals surface area contributed by atoms with Crippen molar-refractivity contribution in [2.75, 3.05) is 18.5 Å². The number of ether oxygens (including phenoxy) is 1. The number of unbranched alkanes of at least 4 members (excludes halogenated alkanes) is 3. The summed E-state index contributed by atoms with van der Waals surface area (Å²) in [5.74, 6) is -0.131. The topological polar surface area (TPSA) is 82.5 Å². The van der Waals surface area contributed by atoms with E-state index >= 15 is 0 Å². The van der Waals surface area contributed by atoms with Crippen LogP contribution in [0.1, 0.15) is 25.7 Å². The molecule has 31 heavy (non-hydrogen) atoms. The van der Waals surface area contributed by atoms with Crippen molar-refractivity contribution in [2.24, 2.45) is 0 Å². The molecule has 2 aromatic carbocycles. The van der Waals surface area contributed by atoms with Crippen LogP contribution in [0.25, 0.3) is 26.8 Å². The summed E-state index contributed by atoms with van der Waals surface area (Å²) >= 11 is 0. The van der Waals surface area contributed by atoms with Crippen LogP contribution >= 0.6 is 0 Å². The zero-order chi connectivity index (χ0) is 21.5. The lowest BCUT2D eigenvalue weighted by Gasteiger charge is -2.13. The van der Waals surface area contributed by atoms with Gasteiger partial charge in [-0.2, -0.15) is 0 Å². The predicted octanol–water partition coefficient (Wildman–Crippen LogP) is 6.45. The highest BCUT2D eigenvalue weighted by molar-refractivity contribution is 6.07. The number of fused-ring (bicyclic) bond motifs is 2. The third-order valence-corrected chi connectivity index (χ3v) is 5.30. The van der Waals surface area contributed by atoms with Crippen LogP contribution in [0.15, 0.2) is 84.0 Å². The highest BCUT2D eigenvalue weighted by Crippen LogP contribution is 2.30. The predicted molar refractivity (Wildman–Crippen MR) is 124 cm³/mol. The Kier molecular flexibility index (Phi) is 6.44. The molecule has 0 atom stereocenters. The van der Waals surface area contributed by atoms with E-state index in [1.54, 1.807) is 18.2 Å². The molecule has 0 amide bonds. The molecule has 1 aliphatic carbocycles. The molecule has 0 radical (unpaired) electrons. The van der Waals surface area contributed by atoms with Crippen LogP contribution in [0, 0.1) is 5.39 Å². The van der Waals surface area contributed by atoms with E-state index in [0.29, 0.717) is 17.9 Å². The average Bonchev–Trinajstić information content (AvgIpc) is 3.29. The number of aromatic nitrogens is 1. The Morgan fingerprint density at radius 2 is 1.61 bits per heavy atom. The molecule has 1 heterocycles. The van der Waals surface area contributed by atoms with Crippen molar-refractivity contribution in [3.05, 3.63) is 89.0 Å². The first kappa shape index (κ1) is 20.4. The van der Waals surface area contributed by atoms with Crippen LogP contribution in [-0.4, -0.2) is 23.2 Å². The molecular weight excluding hydrogens is 388 g/mol. The lowest BCUT2D eigenvalue weighted by atomic mass is 10.1. The number of hydrogen-bond acceptors (Lipinski definition) is 5. The van der Waals surface area contributed by atoms with Gasteiger partial charge in [0, 0.05) is 29.5 Å². The van der Waals surface area contributed by atoms with Crippen molar-refractivity contribution >= 4 is 27.5 Å². The third kappa shape index (κ3) is 4.84. The van der Waals surface area contributed by atoms with Crippen molar-refractivity contribution in [1.82, 2.24) is 4.98 Å². The van der Waals surface area contributed by atoms with Gasteiger partial charge in [-0.3, -0.25) is 0 Å². The van der Waals surface area contributed by atoms with E-state index in [9.17, 15) is 5.11 Å². The van der Waals surface area contributed by atoms with Gasteiger partial charge in [-0.05, 0) is 37.5 Å². The Labute approximate surface area is 181 Å². The fraction of sp³-hybridized carbons (Fsp3) is 0.240.